The van der Waals surface area contributed by atoms with Crippen molar-refractivity contribution in [2.75, 3.05) is 6.54 Å². The van der Waals surface area contributed by atoms with Gasteiger partial charge in [0.2, 0.25) is 0 Å². The van der Waals surface area contributed by atoms with Crippen LogP contribution in [0.25, 0.3) is 0 Å². The van der Waals surface area contributed by atoms with Crippen LogP contribution in [-0.2, 0) is 0 Å². The molecule has 1 aromatic heterocycles. The van der Waals surface area contributed by atoms with E-state index in [1.54, 1.807) is 16.9 Å². The van der Waals surface area contributed by atoms with E-state index in [-0.39, 0.29) is 0 Å². The highest BCUT2D eigenvalue weighted by molar-refractivity contribution is 7.16. The van der Waals surface area contributed by atoms with Gasteiger partial charge in [-0.15, -0.1) is 11.3 Å². The second-order valence-electron chi connectivity index (χ2n) is 4.56. The third kappa shape index (κ3) is 3.84. The average molecular weight is 270 g/mol. The molecule has 0 aliphatic heterocycles. The second-order valence-corrected chi connectivity index (χ2v) is 6.31. The van der Waals surface area contributed by atoms with E-state index in [1.165, 1.54) is 30.6 Å². The van der Waals surface area contributed by atoms with E-state index in [0.29, 0.717) is 6.04 Å². The Bertz CT molecular complexity index is 383. The zero-order valence-corrected chi connectivity index (χ0v) is 11.9. The van der Waals surface area contributed by atoms with Gasteiger partial charge >= 0.3 is 0 Å². The number of halogens is 1. The van der Waals surface area contributed by atoms with Crippen molar-refractivity contribution >= 4 is 22.9 Å². The highest BCUT2D eigenvalue weighted by Gasteiger charge is 2.15. The molecule has 2 rings (SSSR count). The largest absolute Gasteiger partial charge is 0.309 e. The van der Waals surface area contributed by atoms with Crippen LogP contribution in [0.1, 0.15) is 49.9 Å². The predicted molar refractivity (Wildman–Crippen MR) is 76.9 cm³/mol. The quantitative estimate of drug-likeness (QED) is 0.747. The van der Waals surface area contributed by atoms with Gasteiger partial charge in [-0.3, -0.25) is 0 Å². The van der Waals surface area contributed by atoms with Crippen LogP contribution >= 0.6 is 22.9 Å². The van der Waals surface area contributed by atoms with Gasteiger partial charge in [-0.05, 0) is 50.8 Å². The molecule has 17 heavy (non-hydrogen) atoms. The number of thiophene rings is 1. The second kappa shape index (κ2) is 6.58. The minimum absolute atomic E-state index is 0.446. The fraction of sp³-hybridized carbons (Fsp3) is 0.571. The molecule has 94 valence electrons. The van der Waals surface area contributed by atoms with Gasteiger partial charge in [0.1, 0.15) is 0 Å². The Morgan fingerprint density at radius 3 is 2.88 bits per heavy atom. The molecule has 1 aliphatic rings. The average Bonchev–Trinajstić information content (AvgIpc) is 2.77. The van der Waals surface area contributed by atoms with E-state index in [0.717, 1.165) is 17.3 Å². The number of hydrogen-bond donors (Lipinski definition) is 1. The van der Waals surface area contributed by atoms with Crippen molar-refractivity contribution in [2.24, 2.45) is 0 Å². The molecule has 0 fully saturated rings. The fourth-order valence-electron chi connectivity index (χ4n) is 2.39. The fourth-order valence-corrected chi connectivity index (χ4v) is 3.52. The van der Waals surface area contributed by atoms with Crippen molar-refractivity contribution in [1.82, 2.24) is 5.32 Å². The van der Waals surface area contributed by atoms with Crippen LogP contribution in [0.2, 0.25) is 4.34 Å². The highest BCUT2D eigenvalue weighted by Crippen LogP contribution is 2.32. The van der Waals surface area contributed by atoms with Gasteiger partial charge in [0.25, 0.3) is 0 Å². The van der Waals surface area contributed by atoms with Crippen LogP contribution in [0, 0.1) is 0 Å². The Morgan fingerprint density at radius 1 is 1.41 bits per heavy atom. The monoisotopic (exact) mass is 269 g/mol. The van der Waals surface area contributed by atoms with Gasteiger partial charge in [-0.1, -0.05) is 30.2 Å². The van der Waals surface area contributed by atoms with Crippen molar-refractivity contribution in [3.63, 3.8) is 0 Å². The summed E-state index contributed by atoms with van der Waals surface area (Å²) >= 11 is 7.72. The molecule has 0 saturated heterocycles. The van der Waals surface area contributed by atoms with E-state index in [2.05, 4.69) is 24.4 Å². The third-order valence-corrected chi connectivity index (χ3v) is 4.58. The molecular weight excluding hydrogens is 250 g/mol. The summed E-state index contributed by atoms with van der Waals surface area (Å²) in [5, 5.41) is 3.57. The lowest BCUT2D eigenvalue weighted by atomic mass is 9.94. The molecule has 1 heterocycles. The first kappa shape index (κ1) is 13.1. The normalized spacial score (nSPS) is 17.9. The zero-order chi connectivity index (χ0) is 12.1. The van der Waals surface area contributed by atoms with E-state index in [9.17, 15) is 0 Å². The lowest BCUT2D eigenvalue weighted by Crippen LogP contribution is -2.20. The molecular formula is C14H20ClNS. The summed E-state index contributed by atoms with van der Waals surface area (Å²) in [6, 6.07) is 4.60. The number of nitrogens with one attached hydrogen (secondary N) is 1. The molecule has 0 radical (unpaired) electrons. The van der Waals surface area contributed by atoms with Gasteiger partial charge in [0.15, 0.2) is 0 Å². The first-order valence-corrected chi connectivity index (χ1v) is 7.65. The van der Waals surface area contributed by atoms with Gasteiger partial charge < -0.3 is 5.32 Å². The summed E-state index contributed by atoms with van der Waals surface area (Å²) in [6.45, 7) is 3.17. The maximum Gasteiger partial charge on any atom is 0.0931 e. The van der Waals surface area contributed by atoms with Crippen LogP contribution < -0.4 is 5.32 Å². The minimum atomic E-state index is 0.446. The Morgan fingerprint density at radius 2 is 2.29 bits per heavy atom. The first-order chi connectivity index (χ1) is 8.29. The van der Waals surface area contributed by atoms with E-state index in [4.69, 9.17) is 11.6 Å². The Hall–Kier alpha value is -0.310. The summed E-state index contributed by atoms with van der Waals surface area (Å²) in [7, 11) is 0. The van der Waals surface area contributed by atoms with Crippen LogP contribution in [0.5, 0.6) is 0 Å². The topological polar surface area (TPSA) is 12.0 Å². The smallest absolute Gasteiger partial charge is 0.0931 e. The molecule has 1 N–H and O–H groups in total. The molecule has 1 aliphatic carbocycles. The van der Waals surface area contributed by atoms with E-state index in [1.807, 2.05) is 6.07 Å². The van der Waals surface area contributed by atoms with Crippen LogP contribution in [0.15, 0.2) is 23.8 Å². The zero-order valence-electron chi connectivity index (χ0n) is 10.3. The van der Waals surface area contributed by atoms with E-state index >= 15 is 0 Å². The molecule has 0 saturated carbocycles. The van der Waals surface area contributed by atoms with Crippen LogP contribution in [0.3, 0.4) is 0 Å². The maximum atomic E-state index is 6.02. The van der Waals surface area contributed by atoms with Gasteiger partial charge in [0.05, 0.1) is 4.34 Å². The standard InChI is InChI=1S/C14H20ClNS/c1-2-16-12(13-8-9-14(15)17-13)10-11-6-4-3-5-7-11/h6,8-9,12,16H,2-5,7,10H2,1H3. The van der Waals surface area contributed by atoms with Crippen molar-refractivity contribution in [3.8, 4) is 0 Å². The molecule has 0 amide bonds. The molecule has 3 heteroatoms. The number of hydrogen-bond acceptors (Lipinski definition) is 2. The van der Waals surface area contributed by atoms with Crippen molar-refractivity contribution in [2.45, 2.75) is 45.1 Å². The highest BCUT2D eigenvalue weighted by atomic mass is 35.5. The number of rotatable bonds is 5. The Balaban J connectivity index is 2.04. The number of allylic oxidation sites excluding steroid dienone is 1. The summed E-state index contributed by atoms with van der Waals surface area (Å²) in [6.07, 6.45) is 8.84. The molecule has 0 aromatic carbocycles. The van der Waals surface area contributed by atoms with Crippen LogP contribution in [0.4, 0.5) is 0 Å². The first-order valence-electron chi connectivity index (χ1n) is 6.46. The lowest BCUT2D eigenvalue weighted by molar-refractivity contribution is 0.534. The van der Waals surface area contributed by atoms with E-state index < -0.39 is 0 Å². The van der Waals surface area contributed by atoms with Crippen molar-refractivity contribution in [3.05, 3.63) is 33.0 Å². The van der Waals surface area contributed by atoms with Gasteiger partial charge in [-0.25, -0.2) is 0 Å². The molecule has 1 unspecified atom stereocenters. The van der Waals surface area contributed by atoms with Crippen molar-refractivity contribution in [1.29, 1.82) is 0 Å². The maximum absolute atomic E-state index is 6.02. The molecule has 1 nitrogen and oxygen atoms in total. The summed E-state index contributed by atoms with van der Waals surface area (Å²) in [4.78, 5) is 1.36. The van der Waals surface area contributed by atoms with Crippen molar-refractivity contribution < 1.29 is 0 Å². The lowest BCUT2D eigenvalue weighted by Gasteiger charge is -2.20. The third-order valence-electron chi connectivity index (χ3n) is 3.24. The Labute approximate surface area is 113 Å². The summed E-state index contributed by atoms with van der Waals surface area (Å²) in [5.41, 5.74) is 1.62. The molecule has 0 spiro atoms. The summed E-state index contributed by atoms with van der Waals surface area (Å²) < 4.78 is 0.889. The molecule has 1 atom stereocenters. The van der Waals surface area contributed by atoms with Crippen LogP contribution in [-0.4, -0.2) is 6.54 Å². The molecule has 0 bridgehead atoms. The summed E-state index contributed by atoms with van der Waals surface area (Å²) in [5.74, 6) is 0. The minimum Gasteiger partial charge on any atom is -0.309 e. The SMILES string of the molecule is CCNC(CC1=CCCCC1)c1ccc(Cl)s1. The van der Waals surface area contributed by atoms with Gasteiger partial charge in [0, 0.05) is 10.9 Å². The molecule has 1 aromatic rings. The Kier molecular flexibility index (Phi) is 5.08. The predicted octanol–water partition coefficient (Wildman–Crippen LogP) is 4.94. The van der Waals surface area contributed by atoms with Gasteiger partial charge in [-0.2, -0.15) is 0 Å².